The average molecular weight is 260 g/mol. The normalized spacial score (nSPS) is 30.2. The van der Waals surface area contributed by atoms with Crippen LogP contribution in [-0.4, -0.2) is 20.8 Å². The predicted molar refractivity (Wildman–Crippen MR) is 71.6 cm³/mol. The summed E-state index contributed by atoms with van der Waals surface area (Å²) < 4.78 is 2.31. The molecule has 0 aromatic carbocycles. The van der Waals surface area contributed by atoms with Gasteiger partial charge in [0.25, 0.3) is 0 Å². The van der Waals surface area contributed by atoms with Crippen LogP contribution >= 0.6 is 11.3 Å². The van der Waals surface area contributed by atoms with Crippen molar-refractivity contribution in [1.82, 2.24) is 9.55 Å². The van der Waals surface area contributed by atoms with E-state index in [1.54, 1.807) is 0 Å². The summed E-state index contributed by atoms with van der Waals surface area (Å²) in [4.78, 5) is 5.76. The maximum Gasteiger partial charge on any atom is 0.0957 e. The second-order valence-corrected chi connectivity index (χ2v) is 6.36. The zero-order valence-corrected chi connectivity index (χ0v) is 10.9. The van der Waals surface area contributed by atoms with Gasteiger partial charge in [-0.3, -0.25) is 0 Å². The molecule has 0 bridgehead atoms. The van der Waals surface area contributed by atoms with E-state index in [4.69, 9.17) is 0 Å². The minimum Gasteiger partial charge on any atom is -0.393 e. The summed E-state index contributed by atoms with van der Waals surface area (Å²) in [7, 11) is 0. The van der Waals surface area contributed by atoms with Crippen LogP contribution in [0, 0.1) is 5.92 Å². The highest BCUT2D eigenvalue weighted by atomic mass is 32.1. The van der Waals surface area contributed by atoms with Crippen molar-refractivity contribution in [3.63, 3.8) is 0 Å². The summed E-state index contributed by atoms with van der Waals surface area (Å²) in [6, 6.07) is 2.61. The summed E-state index contributed by atoms with van der Waals surface area (Å²) in [5.74, 6) is 0.557. The number of thiophene rings is 1. The standard InChI is InChI=1S/C14H16N2OS/c17-10-3-1-2-9(6-10)13-14-11(4-5-18-14)12-7-15-8-16(12)13/h4-5,7-10,13,17H,1-3,6H2/t9-,10-,13?/m0/s1. The Morgan fingerprint density at radius 3 is 3.22 bits per heavy atom. The van der Waals surface area contributed by atoms with Gasteiger partial charge in [0.05, 0.1) is 30.4 Å². The van der Waals surface area contributed by atoms with E-state index in [-0.39, 0.29) is 6.10 Å². The molecule has 4 rings (SSSR count). The van der Waals surface area contributed by atoms with Crippen LogP contribution < -0.4 is 0 Å². The Morgan fingerprint density at radius 2 is 2.33 bits per heavy atom. The molecule has 1 aliphatic heterocycles. The van der Waals surface area contributed by atoms with Crippen LogP contribution in [-0.2, 0) is 0 Å². The van der Waals surface area contributed by atoms with Gasteiger partial charge in [0.2, 0.25) is 0 Å². The Kier molecular flexibility index (Phi) is 2.35. The average Bonchev–Trinajstić information content (AvgIpc) is 2.99. The topological polar surface area (TPSA) is 38.1 Å². The van der Waals surface area contributed by atoms with Crippen LogP contribution in [0.15, 0.2) is 24.0 Å². The first-order valence-electron chi connectivity index (χ1n) is 6.62. The first kappa shape index (κ1) is 10.8. The molecule has 2 aromatic rings. The lowest BCUT2D eigenvalue weighted by Crippen LogP contribution is -2.26. The lowest BCUT2D eigenvalue weighted by Gasteiger charge is -2.31. The van der Waals surface area contributed by atoms with E-state index in [9.17, 15) is 5.11 Å². The van der Waals surface area contributed by atoms with Crippen molar-refractivity contribution >= 4 is 11.3 Å². The highest BCUT2D eigenvalue weighted by Crippen LogP contribution is 2.49. The highest BCUT2D eigenvalue weighted by Gasteiger charge is 2.37. The van der Waals surface area contributed by atoms with Crippen molar-refractivity contribution in [2.45, 2.75) is 37.8 Å². The van der Waals surface area contributed by atoms with Crippen LogP contribution in [0.1, 0.15) is 36.6 Å². The van der Waals surface area contributed by atoms with E-state index in [2.05, 4.69) is 21.0 Å². The van der Waals surface area contributed by atoms with E-state index < -0.39 is 0 Å². The number of nitrogens with zero attached hydrogens (tertiary/aromatic N) is 2. The van der Waals surface area contributed by atoms with Crippen molar-refractivity contribution in [1.29, 1.82) is 0 Å². The van der Waals surface area contributed by atoms with Gasteiger partial charge in [-0.2, -0.15) is 0 Å². The molecule has 2 aliphatic rings. The maximum atomic E-state index is 9.92. The number of hydrogen-bond donors (Lipinski definition) is 1. The van der Waals surface area contributed by atoms with Gasteiger partial charge in [0.15, 0.2) is 0 Å². The fourth-order valence-corrected chi connectivity index (χ4v) is 4.65. The molecule has 4 heteroatoms. The van der Waals surface area contributed by atoms with Gasteiger partial charge in [0.1, 0.15) is 0 Å². The molecule has 0 amide bonds. The predicted octanol–water partition coefficient (Wildman–Crippen LogP) is 3.07. The molecule has 3 atom stereocenters. The molecule has 3 nitrogen and oxygen atoms in total. The second kappa shape index (κ2) is 3.93. The minimum atomic E-state index is -0.111. The Bertz CT molecular complexity index is 534. The summed E-state index contributed by atoms with van der Waals surface area (Å²) >= 11 is 1.85. The Hall–Kier alpha value is -1.13. The molecule has 1 N–H and O–H groups in total. The van der Waals surface area contributed by atoms with Crippen molar-refractivity contribution in [3.05, 3.63) is 28.8 Å². The van der Waals surface area contributed by atoms with E-state index >= 15 is 0 Å². The summed E-state index contributed by atoms with van der Waals surface area (Å²) in [5.41, 5.74) is 2.60. The number of aliphatic hydroxyl groups is 1. The van der Waals surface area contributed by atoms with E-state index in [1.165, 1.54) is 22.6 Å². The molecule has 0 saturated heterocycles. The smallest absolute Gasteiger partial charge is 0.0957 e. The van der Waals surface area contributed by atoms with Gasteiger partial charge in [-0.05, 0) is 36.6 Å². The van der Waals surface area contributed by atoms with Crippen LogP contribution in [0.2, 0.25) is 0 Å². The van der Waals surface area contributed by atoms with Gasteiger partial charge in [-0.1, -0.05) is 6.42 Å². The van der Waals surface area contributed by atoms with Gasteiger partial charge >= 0.3 is 0 Å². The number of rotatable bonds is 1. The van der Waals surface area contributed by atoms with Crippen molar-refractivity contribution in [3.8, 4) is 11.3 Å². The first-order valence-corrected chi connectivity index (χ1v) is 7.50. The summed E-state index contributed by atoms with van der Waals surface area (Å²) in [6.07, 6.45) is 8.07. The molecule has 2 aromatic heterocycles. The number of fused-ring (bicyclic) bond motifs is 3. The molecule has 18 heavy (non-hydrogen) atoms. The second-order valence-electron chi connectivity index (χ2n) is 5.41. The molecule has 1 aliphatic carbocycles. The molecular formula is C14H16N2OS. The molecule has 3 heterocycles. The van der Waals surface area contributed by atoms with E-state index in [1.807, 2.05) is 23.9 Å². The molecular weight excluding hydrogens is 244 g/mol. The molecule has 1 saturated carbocycles. The highest BCUT2D eigenvalue weighted by molar-refractivity contribution is 7.10. The molecule has 1 unspecified atom stereocenters. The van der Waals surface area contributed by atoms with Crippen LogP contribution in [0.5, 0.6) is 0 Å². The number of hydrogen-bond acceptors (Lipinski definition) is 3. The molecule has 94 valence electrons. The molecule has 0 radical (unpaired) electrons. The van der Waals surface area contributed by atoms with Crippen LogP contribution in [0.3, 0.4) is 0 Å². The van der Waals surface area contributed by atoms with Gasteiger partial charge in [-0.25, -0.2) is 4.98 Å². The lowest BCUT2D eigenvalue weighted by atomic mass is 9.82. The Labute approximate surface area is 110 Å². The van der Waals surface area contributed by atoms with Gasteiger partial charge < -0.3 is 9.67 Å². The van der Waals surface area contributed by atoms with Crippen LogP contribution in [0.25, 0.3) is 11.3 Å². The molecule has 1 fully saturated rings. The maximum absolute atomic E-state index is 9.92. The zero-order chi connectivity index (χ0) is 12.1. The minimum absolute atomic E-state index is 0.111. The monoisotopic (exact) mass is 260 g/mol. The van der Waals surface area contributed by atoms with E-state index in [0.29, 0.717) is 12.0 Å². The number of aromatic nitrogens is 2. The van der Waals surface area contributed by atoms with Crippen molar-refractivity contribution in [2.24, 2.45) is 5.92 Å². The van der Waals surface area contributed by atoms with Gasteiger partial charge in [0, 0.05) is 10.4 Å². The summed E-state index contributed by atoms with van der Waals surface area (Å²) in [5, 5.41) is 12.1. The largest absolute Gasteiger partial charge is 0.393 e. The lowest BCUT2D eigenvalue weighted by molar-refractivity contribution is 0.0892. The number of imidazole rings is 1. The van der Waals surface area contributed by atoms with Crippen molar-refractivity contribution < 1.29 is 5.11 Å². The van der Waals surface area contributed by atoms with E-state index in [0.717, 1.165) is 19.3 Å². The Morgan fingerprint density at radius 1 is 1.39 bits per heavy atom. The first-order chi connectivity index (χ1) is 8.84. The third kappa shape index (κ3) is 1.42. The molecule has 0 spiro atoms. The zero-order valence-electron chi connectivity index (χ0n) is 10.1. The fraction of sp³-hybridized carbons (Fsp3) is 0.500. The fourth-order valence-electron chi connectivity index (χ4n) is 3.55. The summed E-state index contributed by atoms with van der Waals surface area (Å²) in [6.45, 7) is 0. The third-order valence-corrected chi connectivity index (χ3v) is 5.33. The number of aliphatic hydroxyl groups excluding tert-OH is 1. The SMILES string of the molecule is O[C@H]1CCC[C@H](C2c3sccc3-c3cncn32)C1. The third-order valence-electron chi connectivity index (χ3n) is 4.34. The quantitative estimate of drug-likeness (QED) is 0.855. The van der Waals surface area contributed by atoms with Gasteiger partial charge in [-0.15, -0.1) is 11.3 Å². The van der Waals surface area contributed by atoms with Crippen molar-refractivity contribution in [2.75, 3.05) is 0 Å². The van der Waals surface area contributed by atoms with Crippen LogP contribution in [0.4, 0.5) is 0 Å². The Balaban J connectivity index is 1.77.